The molecule has 2 nitrogen and oxygen atoms in total. The summed E-state index contributed by atoms with van der Waals surface area (Å²) in [7, 11) is 0. The van der Waals surface area contributed by atoms with Crippen molar-refractivity contribution >= 4 is 5.97 Å². The van der Waals surface area contributed by atoms with Crippen LogP contribution in [0.3, 0.4) is 0 Å². The lowest BCUT2D eigenvalue weighted by Gasteiger charge is -1.85. The molecule has 0 unspecified atom stereocenters. The van der Waals surface area contributed by atoms with E-state index < -0.39 is 0 Å². The molecule has 1 aliphatic heterocycles. The first-order valence-electron chi connectivity index (χ1n) is 3.13. The number of hydrogen-bond acceptors (Lipinski definition) is 2. The van der Waals surface area contributed by atoms with E-state index in [-0.39, 0.29) is 5.97 Å². The largest absolute Gasteiger partial charge is 0.458 e. The maximum Gasteiger partial charge on any atom is 0.331 e. The highest BCUT2D eigenvalue weighted by Crippen LogP contribution is 2.02. The minimum absolute atomic E-state index is 0.211. The number of rotatable bonds is 0. The summed E-state index contributed by atoms with van der Waals surface area (Å²) < 4.78 is 4.53. The highest BCUT2D eigenvalue weighted by molar-refractivity contribution is 5.84. The van der Waals surface area contributed by atoms with Crippen molar-refractivity contribution in [1.29, 1.82) is 0 Å². The van der Waals surface area contributed by atoms with Crippen molar-refractivity contribution in [1.82, 2.24) is 0 Å². The molecular weight excluding hydrogens is 116 g/mol. The predicted molar refractivity (Wildman–Crippen MR) is 36.1 cm³/mol. The van der Waals surface area contributed by atoms with Crippen molar-refractivity contribution in [2.75, 3.05) is 6.61 Å². The van der Waals surface area contributed by atoms with E-state index in [9.17, 15) is 4.79 Å². The van der Waals surface area contributed by atoms with Crippen molar-refractivity contribution in [2.45, 2.75) is 20.8 Å². The van der Waals surface area contributed by atoms with Crippen LogP contribution >= 0.6 is 0 Å². The molecule has 0 aromatic carbocycles. The monoisotopic (exact) mass is 128 g/mol. The summed E-state index contributed by atoms with van der Waals surface area (Å²) in [6.45, 7) is 6.35. The van der Waals surface area contributed by atoms with Crippen molar-refractivity contribution in [2.24, 2.45) is 0 Å². The van der Waals surface area contributed by atoms with Crippen LogP contribution in [-0.2, 0) is 9.53 Å². The molecule has 0 N–H and O–H groups in total. The average molecular weight is 128 g/mol. The van der Waals surface area contributed by atoms with Crippen molar-refractivity contribution in [3.63, 3.8) is 0 Å². The minimum Gasteiger partial charge on any atom is -0.458 e. The van der Waals surface area contributed by atoms with Crippen LogP contribution < -0.4 is 0 Å². The number of esters is 1. The maximum absolute atomic E-state index is 10.2. The SMILES string of the molecule is CC.CC1=CC(=O)OC1. The third kappa shape index (κ3) is 2.90. The Kier molecular flexibility index (Phi) is 3.76. The van der Waals surface area contributed by atoms with Crippen LogP contribution in [0.25, 0.3) is 0 Å². The smallest absolute Gasteiger partial charge is 0.331 e. The summed E-state index contributed by atoms with van der Waals surface area (Å²) in [5, 5.41) is 0. The third-order valence-electron chi connectivity index (χ3n) is 0.806. The van der Waals surface area contributed by atoms with Gasteiger partial charge in [0.25, 0.3) is 0 Å². The van der Waals surface area contributed by atoms with Gasteiger partial charge in [-0.1, -0.05) is 13.8 Å². The van der Waals surface area contributed by atoms with E-state index in [2.05, 4.69) is 4.74 Å². The van der Waals surface area contributed by atoms with Crippen LogP contribution in [-0.4, -0.2) is 12.6 Å². The van der Waals surface area contributed by atoms with Gasteiger partial charge in [0.1, 0.15) is 6.61 Å². The second kappa shape index (κ2) is 4.13. The molecule has 0 aliphatic carbocycles. The first-order valence-corrected chi connectivity index (χ1v) is 3.13. The average Bonchev–Trinajstić information content (AvgIpc) is 2.20. The standard InChI is InChI=1S/C5H6O2.C2H6/c1-4-2-5(6)7-3-4;1-2/h2H,3H2,1H3;1-2H3. The summed E-state index contributed by atoms with van der Waals surface area (Å²) in [6, 6.07) is 0. The molecule has 0 amide bonds. The van der Waals surface area contributed by atoms with Crippen molar-refractivity contribution < 1.29 is 9.53 Å². The summed E-state index contributed by atoms with van der Waals surface area (Å²) in [5.74, 6) is -0.211. The second-order valence-electron chi connectivity index (χ2n) is 1.60. The number of carbonyl (C=O) groups is 1. The Balaban J connectivity index is 0.000000291. The first-order chi connectivity index (χ1) is 4.29. The number of carbonyl (C=O) groups excluding carboxylic acids is 1. The highest BCUT2D eigenvalue weighted by atomic mass is 16.5. The Labute approximate surface area is 55.5 Å². The number of cyclic esters (lactones) is 1. The first kappa shape index (κ1) is 8.21. The molecule has 0 spiro atoms. The van der Waals surface area contributed by atoms with E-state index in [0.29, 0.717) is 6.61 Å². The molecule has 52 valence electrons. The van der Waals surface area contributed by atoms with E-state index in [0.717, 1.165) is 5.57 Å². The van der Waals surface area contributed by atoms with Crippen LogP contribution in [0, 0.1) is 0 Å². The normalized spacial score (nSPS) is 15.4. The van der Waals surface area contributed by atoms with Gasteiger partial charge in [-0.3, -0.25) is 0 Å². The zero-order chi connectivity index (χ0) is 7.28. The molecule has 0 atom stereocenters. The maximum atomic E-state index is 10.2. The summed E-state index contributed by atoms with van der Waals surface area (Å²) in [6.07, 6.45) is 1.50. The Morgan fingerprint density at radius 1 is 1.56 bits per heavy atom. The molecule has 0 bridgehead atoms. The Hall–Kier alpha value is -0.790. The van der Waals surface area contributed by atoms with Crippen molar-refractivity contribution in [3.8, 4) is 0 Å². The van der Waals surface area contributed by atoms with Crippen LogP contribution in [0.5, 0.6) is 0 Å². The van der Waals surface area contributed by atoms with Gasteiger partial charge in [0.15, 0.2) is 0 Å². The van der Waals surface area contributed by atoms with Gasteiger partial charge in [0.05, 0.1) is 0 Å². The molecular formula is C7H12O2. The molecule has 1 rings (SSSR count). The van der Waals surface area contributed by atoms with Crippen LogP contribution in [0.4, 0.5) is 0 Å². The minimum atomic E-state index is -0.211. The van der Waals surface area contributed by atoms with Gasteiger partial charge in [0, 0.05) is 6.08 Å². The van der Waals surface area contributed by atoms with E-state index in [1.54, 1.807) is 0 Å². The number of ether oxygens (including phenoxy) is 1. The van der Waals surface area contributed by atoms with Crippen LogP contribution in [0.1, 0.15) is 20.8 Å². The zero-order valence-corrected chi connectivity index (χ0v) is 6.10. The topological polar surface area (TPSA) is 26.3 Å². The highest BCUT2D eigenvalue weighted by Gasteiger charge is 2.06. The summed E-state index contributed by atoms with van der Waals surface area (Å²) >= 11 is 0. The quantitative estimate of drug-likeness (QED) is 0.462. The summed E-state index contributed by atoms with van der Waals surface area (Å²) in [4.78, 5) is 10.2. The van der Waals surface area contributed by atoms with E-state index in [1.807, 2.05) is 20.8 Å². The van der Waals surface area contributed by atoms with Gasteiger partial charge in [0.2, 0.25) is 0 Å². The van der Waals surface area contributed by atoms with Gasteiger partial charge >= 0.3 is 5.97 Å². The van der Waals surface area contributed by atoms with Gasteiger partial charge in [-0.05, 0) is 12.5 Å². The lowest BCUT2D eigenvalue weighted by Crippen LogP contribution is -1.90. The Morgan fingerprint density at radius 3 is 2.22 bits per heavy atom. The fraction of sp³-hybridized carbons (Fsp3) is 0.571. The molecule has 0 aromatic rings. The van der Waals surface area contributed by atoms with Gasteiger partial charge in [-0.15, -0.1) is 0 Å². The number of hydrogen-bond donors (Lipinski definition) is 0. The van der Waals surface area contributed by atoms with Crippen LogP contribution in [0.2, 0.25) is 0 Å². The molecule has 0 fully saturated rings. The molecule has 0 saturated heterocycles. The Bertz CT molecular complexity index is 125. The molecule has 1 heterocycles. The summed E-state index contributed by atoms with van der Waals surface area (Å²) in [5.41, 5.74) is 1.00. The lowest BCUT2D eigenvalue weighted by atomic mass is 10.3. The van der Waals surface area contributed by atoms with Gasteiger partial charge in [-0.2, -0.15) is 0 Å². The van der Waals surface area contributed by atoms with E-state index in [4.69, 9.17) is 0 Å². The molecule has 0 radical (unpaired) electrons. The Morgan fingerprint density at radius 2 is 2.11 bits per heavy atom. The van der Waals surface area contributed by atoms with Gasteiger partial charge in [-0.25, -0.2) is 4.79 Å². The molecule has 1 aliphatic rings. The molecule has 0 aromatic heterocycles. The molecule has 9 heavy (non-hydrogen) atoms. The lowest BCUT2D eigenvalue weighted by molar-refractivity contribution is -0.134. The van der Waals surface area contributed by atoms with Crippen molar-refractivity contribution in [3.05, 3.63) is 11.6 Å². The molecule has 2 heteroatoms. The van der Waals surface area contributed by atoms with E-state index >= 15 is 0 Å². The predicted octanol–water partition coefficient (Wildman–Crippen LogP) is 1.52. The van der Waals surface area contributed by atoms with Crippen LogP contribution in [0.15, 0.2) is 11.6 Å². The zero-order valence-electron chi connectivity index (χ0n) is 6.10. The fourth-order valence-electron chi connectivity index (χ4n) is 0.469. The second-order valence-corrected chi connectivity index (χ2v) is 1.60. The third-order valence-corrected chi connectivity index (χ3v) is 0.806. The van der Waals surface area contributed by atoms with E-state index in [1.165, 1.54) is 6.08 Å². The fourth-order valence-corrected chi connectivity index (χ4v) is 0.469. The van der Waals surface area contributed by atoms with Gasteiger partial charge < -0.3 is 4.74 Å². The molecule has 0 saturated carbocycles.